The Hall–Kier alpha value is -1.82. The molecule has 2 rings (SSSR count). The summed E-state index contributed by atoms with van der Waals surface area (Å²) in [5, 5.41) is 14.1. The van der Waals surface area contributed by atoms with E-state index in [0.717, 1.165) is 19.3 Å². The van der Waals surface area contributed by atoms with Gasteiger partial charge in [0, 0.05) is 24.2 Å². The van der Waals surface area contributed by atoms with Crippen molar-refractivity contribution >= 4 is 28.9 Å². The Bertz CT molecular complexity index is 613. The van der Waals surface area contributed by atoms with Crippen LogP contribution in [0.4, 0.5) is 11.4 Å². The van der Waals surface area contributed by atoms with Gasteiger partial charge in [-0.25, -0.2) is 0 Å². The van der Waals surface area contributed by atoms with E-state index in [1.165, 1.54) is 12.1 Å². The van der Waals surface area contributed by atoms with Crippen LogP contribution in [0.1, 0.15) is 40.0 Å². The number of non-ortho nitro benzene ring substituents is 1. The molecule has 126 valence electrons. The van der Waals surface area contributed by atoms with Gasteiger partial charge in [-0.3, -0.25) is 14.9 Å². The molecule has 6 nitrogen and oxygen atoms in total. The van der Waals surface area contributed by atoms with Crippen molar-refractivity contribution in [1.29, 1.82) is 0 Å². The number of benzene rings is 1. The van der Waals surface area contributed by atoms with Gasteiger partial charge in [-0.05, 0) is 46.1 Å². The molecule has 0 aliphatic carbocycles. The van der Waals surface area contributed by atoms with Crippen molar-refractivity contribution < 1.29 is 9.72 Å². The number of nitro groups is 1. The molecule has 7 heteroatoms. The fourth-order valence-electron chi connectivity index (χ4n) is 2.79. The Morgan fingerprint density at radius 1 is 1.39 bits per heavy atom. The Kier molecular flexibility index (Phi) is 5.14. The van der Waals surface area contributed by atoms with Crippen molar-refractivity contribution in [2.45, 2.75) is 51.6 Å². The Labute approximate surface area is 141 Å². The summed E-state index contributed by atoms with van der Waals surface area (Å²) >= 11 is 6.23. The quantitative estimate of drug-likeness (QED) is 0.675. The first kappa shape index (κ1) is 17.5. The van der Waals surface area contributed by atoms with E-state index in [0.29, 0.717) is 17.3 Å². The van der Waals surface area contributed by atoms with E-state index in [1.807, 2.05) is 25.7 Å². The van der Waals surface area contributed by atoms with E-state index in [9.17, 15) is 14.9 Å². The fourth-order valence-corrected chi connectivity index (χ4v) is 3.07. The Balaban J connectivity index is 2.28. The Morgan fingerprint density at radius 3 is 2.65 bits per heavy atom. The maximum absolute atomic E-state index is 12.6. The number of nitro benzene ring substituents is 1. The molecular formula is C16H22ClN3O3. The van der Waals surface area contributed by atoms with Gasteiger partial charge in [-0.1, -0.05) is 11.6 Å². The molecule has 1 aliphatic rings. The molecule has 1 N–H and O–H groups in total. The monoisotopic (exact) mass is 339 g/mol. The molecule has 1 fully saturated rings. The van der Waals surface area contributed by atoms with E-state index in [4.69, 9.17) is 11.6 Å². The number of amides is 1. The molecule has 0 saturated carbocycles. The molecular weight excluding hydrogens is 318 g/mol. The lowest BCUT2D eigenvalue weighted by Crippen LogP contribution is -2.54. The molecule has 0 bridgehead atoms. The number of carbonyl (C=O) groups excluding carboxylic acids is 1. The summed E-state index contributed by atoms with van der Waals surface area (Å²) in [6, 6.07) is 4.09. The second kappa shape index (κ2) is 6.74. The van der Waals surface area contributed by atoms with E-state index in [-0.39, 0.29) is 23.2 Å². The zero-order chi connectivity index (χ0) is 17.2. The molecule has 0 unspecified atom stereocenters. The molecule has 1 heterocycles. The van der Waals surface area contributed by atoms with Crippen LogP contribution in [0.25, 0.3) is 0 Å². The summed E-state index contributed by atoms with van der Waals surface area (Å²) in [5.41, 5.74) is 0.317. The number of anilines is 1. The van der Waals surface area contributed by atoms with Crippen LogP contribution in [0.3, 0.4) is 0 Å². The molecule has 1 aromatic rings. The van der Waals surface area contributed by atoms with Crippen molar-refractivity contribution in [2.75, 3.05) is 11.4 Å². The highest BCUT2D eigenvalue weighted by Gasteiger charge is 2.32. The molecule has 1 saturated heterocycles. The van der Waals surface area contributed by atoms with Gasteiger partial charge >= 0.3 is 0 Å². The third kappa shape index (κ3) is 4.34. The van der Waals surface area contributed by atoms with Gasteiger partial charge in [0.15, 0.2) is 0 Å². The molecule has 1 atom stereocenters. The van der Waals surface area contributed by atoms with E-state index in [1.54, 1.807) is 6.07 Å². The summed E-state index contributed by atoms with van der Waals surface area (Å²) in [7, 11) is 0. The van der Waals surface area contributed by atoms with Crippen LogP contribution in [0.2, 0.25) is 5.02 Å². The minimum atomic E-state index is -0.477. The van der Waals surface area contributed by atoms with Crippen LogP contribution in [0, 0.1) is 10.1 Å². The van der Waals surface area contributed by atoms with Crippen LogP contribution in [-0.2, 0) is 4.79 Å². The largest absolute Gasteiger partial charge is 0.358 e. The van der Waals surface area contributed by atoms with Gasteiger partial charge in [-0.2, -0.15) is 0 Å². The molecule has 1 aromatic carbocycles. The van der Waals surface area contributed by atoms with Gasteiger partial charge in [-0.15, -0.1) is 0 Å². The minimum absolute atomic E-state index is 0.0355. The lowest BCUT2D eigenvalue weighted by atomic mass is 9.98. The number of hydrogen-bond donors (Lipinski definition) is 1. The van der Waals surface area contributed by atoms with Crippen LogP contribution in [0.15, 0.2) is 18.2 Å². The maximum Gasteiger partial charge on any atom is 0.271 e. The van der Waals surface area contributed by atoms with Gasteiger partial charge in [0.1, 0.15) is 6.04 Å². The lowest BCUT2D eigenvalue weighted by molar-refractivity contribution is -0.384. The average molecular weight is 340 g/mol. The lowest BCUT2D eigenvalue weighted by Gasteiger charge is -2.38. The molecule has 0 spiro atoms. The van der Waals surface area contributed by atoms with E-state index >= 15 is 0 Å². The van der Waals surface area contributed by atoms with E-state index in [2.05, 4.69) is 5.32 Å². The smallest absolute Gasteiger partial charge is 0.271 e. The molecule has 0 radical (unpaired) electrons. The van der Waals surface area contributed by atoms with Crippen molar-refractivity contribution in [3.05, 3.63) is 33.3 Å². The summed E-state index contributed by atoms with van der Waals surface area (Å²) in [4.78, 5) is 24.9. The van der Waals surface area contributed by atoms with Crippen molar-refractivity contribution in [1.82, 2.24) is 5.32 Å². The standard InChI is InChI=1S/C16H22ClN3O3/c1-16(2,3)18-15(21)14-6-4-5-9-19(14)13-8-7-11(20(22)23)10-12(13)17/h7-8,10,14H,4-6,9H2,1-3H3,(H,18,21)/t14-/m1/s1. The minimum Gasteiger partial charge on any atom is -0.358 e. The highest BCUT2D eigenvalue weighted by atomic mass is 35.5. The summed E-state index contributed by atoms with van der Waals surface area (Å²) in [5.74, 6) is -0.0355. The second-order valence-corrected chi connectivity index (χ2v) is 7.24. The maximum atomic E-state index is 12.6. The SMILES string of the molecule is CC(C)(C)NC(=O)[C@H]1CCCCN1c1ccc([N+](=O)[O-])cc1Cl. The number of nitrogens with one attached hydrogen (secondary N) is 1. The van der Waals surface area contributed by atoms with Crippen LogP contribution in [-0.4, -0.2) is 29.0 Å². The first-order valence-corrected chi connectivity index (χ1v) is 8.09. The zero-order valence-corrected chi connectivity index (χ0v) is 14.4. The van der Waals surface area contributed by atoms with Gasteiger partial charge in [0.2, 0.25) is 5.91 Å². The predicted molar refractivity (Wildman–Crippen MR) is 91.0 cm³/mol. The molecule has 23 heavy (non-hydrogen) atoms. The second-order valence-electron chi connectivity index (χ2n) is 6.84. The van der Waals surface area contributed by atoms with E-state index < -0.39 is 4.92 Å². The van der Waals surface area contributed by atoms with Crippen molar-refractivity contribution in [2.24, 2.45) is 0 Å². The predicted octanol–water partition coefficient (Wildman–Crippen LogP) is 3.52. The first-order valence-electron chi connectivity index (χ1n) is 7.71. The van der Waals surface area contributed by atoms with Gasteiger partial charge < -0.3 is 10.2 Å². The van der Waals surface area contributed by atoms with Gasteiger partial charge in [0.05, 0.1) is 15.6 Å². The normalized spacial score (nSPS) is 18.6. The van der Waals surface area contributed by atoms with Crippen LogP contribution >= 0.6 is 11.6 Å². The zero-order valence-electron chi connectivity index (χ0n) is 13.6. The first-order chi connectivity index (χ1) is 10.7. The highest BCUT2D eigenvalue weighted by Crippen LogP contribution is 2.34. The number of halogens is 1. The van der Waals surface area contributed by atoms with Crippen LogP contribution in [0.5, 0.6) is 0 Å². The van der Waals surface area contributed by atoms with Crippen molar-refractivity contribution in [3.8, 4) is 0 Å². The average Bonchev–Trinajstić information content (AvgIpc) is 2.45. The summed E-state index contributed by atoms with van der Waals surface area (Å²) in [6.45, 7) is 6.53. The van der Waals surface area contributed by atoms with Crippen molar-refractivity contribution in [3.63, 3.8) is 0 Å². The third-order valence-electron chi connectivity index (χ3n) is 3.76. The molecule has 0 aromatic heterocycles. The number of nitrogens with zero attached hydrogens (tertiary/aromatic N) is 2. The summed E-state index contributed by atoms with van der Waals surface area (Å²) < 4.78 is 0. The molecule has 1 aliphatic heterocycles. The Morgan fingerprint density at radius 2 is 2.09 bits per heavy atom. The number of carbonyl (C=O) groups is 1. The highest BCUT2D eigenvalue weighted by molar-refractivity contribution is 6.33. The van der Waals surface area contributed by atoms with Crippen LogP contribution < -0.4 is 10.2 Å². The van der Waals surface area contributed by atoms with Gasteiger partial charge in [0.25, 0.3) is 5.69 Å². The third-order valence-corrected chi connectivity index (χ3v) is 4.06. The number of hydrogen-bond acceptors (Lipinski definition) is 4. The molecule has 1 amide bonds. The topological polar surface area (TPSA) is 75.5 Å². The summed E-state index contributed by atoms with van der Waals surface area (Å²) in [6.07, 6.45) is 2.69. The fraction of sp³-hybridized carbons (Fsp3) is 0.562. The number of rotatable bonds is 3. The number of piperidine rings is 1.